The van der Waals surface area contributed by atoms with E-state index in [9.17, 15) is 4.79 Å². The van der Waals surface area contributed by atoms with Crippen LogP contribution in [-0.2, 0) is 9.53 Å². The third-order valence-corrected chi connectivity index (χ3v) is 2.27. The third-order valence-electron chi connectivity index (χ3n) is 2.27. The Morgan fingerprint density at radius 2 is 2.31 bits per heavy atom. The summed E-state index contributed by atoms with van der Waals surface area (Å²) in [5, 5.41) is 3.99. The van der Waals surface area contributed by atoms with Crippen molar-refractivity contribution in [3.63, 3.8) is 0 Å². The zero-order valence-electron chi connectivity index (χ0n) is 7.51. The molecule has 0 aromatic rings. The number of carbonyl (C=O) groups is 1. The molecule has 4 heteroatoms. The first-order chi connectivity index (χ1) is 6.33. The fraction of sp³-hybridized carbons (Fsp3) is 0.444. The molecule has 70 valence electrons. The fourth-order valence-corrected chi connectivity index (χ4v) is 1.62. The van der Waals surface area contributed by atoms with E-state index in [1.165, 1.54) is 7.11 Å². The van der Waals surface area contributed by atoms with Crippen molar-refractivity contribution in [3.05, 3.63) is 24.4 Å². The number of fused-ring (bicyclic) bond motifs is 1. The average Bonchev–Trinajstić information content (AvgIpc) is 2.63. The molecule has 0 aliphatic carbocycles. The lowest BCUT2D eigenvalue weighted by atomic mass is 10.2. The minimum absolute atomic E-state index is 0.204. The molecule has 2 aliphatic rings. The van der Waals surface area contributed by atoms with E-state index in [-0.39, 0.29) is 12.0 Å². The molecule has 0 amide bonds. The monoisotopic (exact) mass is 180 g/mol. The van der Waals surface area contributed by atoms with E-state index in [4.69, 9.17) is 4.74 Å². The lowest BCUT2D eigenvalue weighted by Crippen LogP contribution is -2.49. The highest BCUT2D eigenvalue weighted by Gasteiger charge is 2.31. The number of hydrogen-bond donors (Lipinski definition) is 0. The zero-order chi connectivity index (χ0) is 9.26. The van der Waals surface area contributed by atoms with Gasteiger partial charge in [0, 0.05) is 12.7 Å². The summed E-state index contributed by atoms with van der Waals surface area (Å²) < 4.78 is 4.71. The topological polar surface area (TPSA) is 32.8 Å². The van der Waals surface area contributed by atoms with Crippen molar-refractivity contribution in [3.8, 4) is 0 Å². The number of nitrogens with zero attached hydrogens (tertiary/aromatic N) is 2. The number of methoxy groups -OCH3 is 1. The van der Waals surface area contributed by atoms with Gasteiger partial charge in [-0.15, -0.1) is 0 Å². The van der Waals surface area contributed by atoms with Crippen molar-refractivity contribution >= 4 is 5.97 Å². The predicted molar refractivity (Wildman–Crippen MR) is 47.5 cm³/mol. The van der Waals surface area contributed by atoms with Gasteiger partial charge < -0.3 is 9.75 Å². The second kappa shape index (κ2) is 3.22. The number of hydrogen-bond acceptors (Lipinski definition) is 4. The van der Waals surface area contributed by atoms with Crippen LogP contribution in [0.4, 0.5) is 0 Å². The van der Waals surface area contributed by atoms with E-state index in [1.807, 2.05) is 34.4 Å². The van der Waals surface area contributed by atoms with Crippen LogP contribution < -0.4 is 0 Å². The van der Waals surface area contributed by atoms with Gasteiger partial charge in [0.15, 0.2) is 0 Å². The second-order valence-electron chi connectivity index (χ2n) is 3.03. The van der Waals surface area contributed by atoms with Crippen molar-refractivity contribution in [1.29, 1.82) is 0 Å². The second-order valence-corrected chi connectivity index (χ2v) is 3.03. The van der Waals surface area contributed by atoms with Crippen molar-refractivity contribution in [1.82, 2.24) is 10.0 Å². The molecule has 0 N–H and O–H groups in total. The van der Waals surface area contributed by atoms with E-state index in [0.717, 1.165) is 13.1 Å². The van der Waals surface area contributed by atoms with Gasteiger partial charge >= 0.3 is 5.97 Å². The molecule has 0 aromatic heterocycles. The van der Waals surface area contributed by atoms with Crippen LogP contribution in [0.25, 0.3) is 0 Å². The van der Waals surface area contributed by atoms with Crippen molar-refractivity contribution < 1.29 is 9.53 Å². The van der Waals surface area contributed by atoms with Crippen LogP contribution in [0, 0.1) is 0 Å². The summed E-state index contributed by atoms with van der Waals surface area (Å²) in [7, 11) is 1.42. The van der Waals surface area contributed by atoms with E-state index in [0.29, 0.717) is 0 Å². The Morgan fingerprint density at radius 1 is 1.46 bits per heavy atom. The fourth-order valence-electron chi connectivity index (χ4n) is 1.62. The molecule has 1 unspecified atom stereocenters. The summed E-state index contributed by atoms with van der Waals surface area (Å²) in [4.78, 5) is 11.3. The maximum absolute atomic E-state index is 11.3. The van der Waals surface area contributed by atoms with Crippen LogP contribution in [0.3, 0.4) is 0 Å². The summed E-state index contributed by atoms with van der Waals surface area (Å²) in [5.74, 6) is -0.204. The molecule has 2 heterocycles. The lowest BCUT2D eigenvalue weighted by molar-refractivity contribution is -0.150. The van der Waals surface area contributed by atoms with Gasteiger partial charge in [0.25, 0.3) is 0 Å². The Hall–Kier alpha value is -1.29. The highest BCUT2D eigenvalue weighted by molar-refractivity contribution is 5.78. The first-order valence-corrected chi connectivity index (χ1v) is 4.27. The maximum Gasteiger partial charge on any atom is 0.328 e. The summed E-state index contributed by atoms with van der Waals surface area (Å²) in [5.41, 5.74) is 0. The summed E-state index contributed by atoms with van der Waals surface area (Å²) >= 11 is 0. The van der Waals surface area contributed by atoms with Gasteiger partial charge in [-0.1, -0.05) is 18.2 Å². The predicted octanol–water partition coefficient (Wildman–Crippen LogP) is 0.144. The maximum atomic E-state index is 11.3. The van der Waals surface area contributed by atoms with Crippen LogP contribution in [0.15, 0.2) is 24.4 Å². The zero-order valence-corrected chi connectivity index (χ0v) is 7.51. The molecule has 1 atom stereocenters. The Balaban J connectivity index is 2.15. The van der Waals surface area contributed by atoms with E-state index in [1.54, 1.807) is 0 Å². The summed E-state index contributed by atoms with van der Waals surface area (Å²) in [6.45, 7) is 1.62. The van der Waals surface area contributed by atoms with Gasteiger partial charge in [0.1, 0.15) is 6.04 Å². The molecular formula is C9H12N2O2. The molecule has 13 heavy (non-hydrogen) atoms. The number of esters is 1. The Kier molecular flexibility index (Phi) is 2.06. The molecule has 0 aromatic carbocycles. The summed E-state index contributed by atoms with van der Waals surface area (Å²) in [6, 6.07) is -0.256. The number of ether oxygens (including phenoxy) is 1. The molecule has 4 nitrogen and oxygen atoms in total. The minimum atomic E-state index is -0.256. The van der Waals surface area contributed by atoms with Crippen molar-refractivity contribution in [2.45, 2.75) is 6.04 Å². The van der Waals surface area contributed by atoms with E-state index < -0.39 is 0 Å². The van der Waals surface area contributed by atoms with Gasteiger partial charge in [0.2, 0.25) is 0 Å². The molecule has 0 saturated heterocycles. The highest BCUT2D eigenvalue weighted by Crippen LogP contribution is 2.17. The van der Waals surface area contributed by atoms with Crippen molar-refractivity contribution in [2.24, 2.45) is 0 Å². The van der Waals surface area contributed by atoms with E-state index >= 15 is 0 Å². The van der Waals surface area contributed by atoms with E-state index in [2.05, 4.69) is 0 Å². The molecule has 2 rings (SSSR count). The SMILES string of the molecule is COC(=O)C1C=CCN2C=CCN12. The Labute approximate surface area is 77.0 Å². The Morgan fingerprint density at radius 3 is 3.08 bits per heavy atom. The molecule has 0 fully saturated rings. The standard InChI is InChI=1S/C9H12N2O2/c1-13-9(12)8-4-2-5-10-6-3-7-11(8)10/h2-4,6,8H,5,7H2,1H3. The highest BCUT2D eigenvalue weighted by atomic mass is 16.5. The number of rotatable bonds is 1. The first-order valence-electron chi connectivity index (χ1n) is 4.27. The lowest BCUT2D eigenvalue weighted by Gasteiger charge is -2.35. The molecule has 0 spiro atoms. The number of hydrazine groups is 1. The molecule has 0 radical (unpaired) electrons. The van der Waals surface area contributed by atoms with Gasteiger partial charge in [0.05, 0.1) is 13.7 Å². The third kappa shape index (κ3) is 1.33. The first kappa shape index (κ1) is 8.31. The quantitative estimate of drug-likeness (QED) is 0.424. The molecular weight excluding hydrogens is 168 g/mol. The van der Waals surface area contributed by atoms with Crippen LogP contribution in [0.1, 0.15) is 0 Å². The van der Waals surface area contributed by atoms with Gasteiger partial charge in [-0.25, -0.2) is 4.79 Å². The summed E-state index contributed by atoms with van der Waals surface area (Å²) in [6.07, 6.45) is 7.88. The van der Waals surface area contributed by atoms with Crippen LogP contribution in [-0.4, -0.2) is 42.2 Å². The van der Waals surface area contributed by atoms with Gasteiger partial charge in [-0.05, 0) is 0 Å². The van der Waals surface area contributed by atoms with Crippen LogP contribution >= 0.6 is 0 Å². The average molecular weight is 180 g/mol. The Bertz CT molecular complexity index is 273. The van der Waals surface area contributed by atoms with Crippen LogP contribution in [0.5, 0.6) is 0 Å². The molecule has 2 aliphatic heterocycles. The smallest absolute Gasteiger partial charge is 0.328 e. The largest absolute Gasteiger partial charge is 0.468 e. The molecule has 0 bridgehead atoms. The molecule has 0 saturated carbocycles. The van der Waals surface area contributed by atoms with Gasteiger partial charge in [-0.3, -0.25) is 0 Å². The number of carbonyl (C=O) groups excluding carboxylic acids is 1. The van der Waals surface area contributed by atoms with Crippen LogP contribution in [0.2, 0.25) is 0 Å². The normalized spacial score (nSPS) is 26.2. The minimum Gasteiger partial charge on any atom is -0.468 e. The van der Waals surface area contributed by atoms with Crippen molar-refractivity contribution in [2.75, 3.05) is 20.2 Å². The van der Waals surface area contributed by atoms with Gasteiger partial charge in [-0.2, -0.15) is 5.01 Å².